The molecule has 3 aromatic rings. The average molecular weight is 421 g/mol. The van der Waals surface area contributed by atoms with E-state index in [-0.39, 0.29) is 25.0 Å². The molecule has 6 heteroatoms. The van der Waals surface area contributed by atoms with Gasteiger partial charge in [-0.2, -0.15) is 0 Å². The first-order valence-electron chi connectivity index (χ1n) is 10.2. The first kappa shape index (κ1) is 22.2. The van der Waals surface area contributed by atoms with Gasteiger partial charge >= 0.3 is 5.97 Å². The number of carbonyl (C=O) groups excluding carboxylic acids is 2. The van der Waals surface area contributed by atoms with Crippen LogP contribution in [0.5, 0.6) is 11.5 Å². The van der Waals surface area contributed by atoms with E-state index in [2.05, 4.69) is 5.32 Å². The topological polar surface area (TPSA) is 73.9 Å². The van der Waals surface area contributed by atoms with Crippen molar-refractivity contribution in [2.45, 2.75) is 25.8 Å². The SMILES string of the molecule is COc1ccc(CCC(=O)OCC(=O)N[C@@H](C)c2cccc3ccccc23)cc1OC. The van der Waals surface area contributed by atoms with Crippen molar-refractivity contribution >= 4 is 22.6 Å². The van der Waals surface area contributed by atoms with Gasteiger partial charge in [-0.25, -0.2) is 0 Å². The summed E-state index contributed by atoms with van der Waals surface area (Å²) < 4.78 is 15.6. The highest BCUT2D eigenvalue weighted by Crippen LogP contribution is 2.28. The second kappa shape index (κ2) is 10.5. The predicted molar refractivity (Wildman–Crippen MR) is 119 cm³/mol. The van der Waals surface area contributed by atoms with Gasteiger partial charge in [-0.05, 0) is 47.4 Å². The first-order chi connectivity index (χ1) is 15.0. The third kappa shape index (κ3) is 5.75. The predicted octanol–water partition coefficient (Wildman–Crippen LogP) is 4.21. The number of methoxy groups -OCH3 is 2. The molecule has 1 amide bonds. The molecule has 0 aliphatic rings. The summed E-state index contributed by atoms with van der Waals surface area (Å²) in [6.07, 6.45) is 0.648. The number of esters is 1. The summed E-state index contributed by atoms with van der Waals surface area (Å²) in [5.74, 6) is 0.476. The molecule has 0 aromatic heterocycles. The van der Waals surface area contributed by atoms with E-state index in [1.807, 2.05) is 61.5 Å². The maximum Gasteiger partial charge on any atom is 0.306 e. The second-order valence-electron chi connectivity index (χ2n) is 7.21. The Hall–Kier alpha value is -3.54. The molecule has 1 atom stereocenters. The van der Waals surface area contributed by atoms with E-state index in [0.717, 1.165) is 21.9 Å². The minimum absolute atomic E-state index is 0.168. The summed E-state index contributed by atoms with van der Waals surface area (Å²) in [4.78, 5) is 24.3. The van der Waals surface area contributed by atoms with Crippen LogP contribution in [0.3, 0.4) is 0 Å². The number of hydrogen-bond acceptors (Lipinski definition) is 5. The summed E-state index contributed by atoms with van der Waals surface area (Å²) in [6, 6.07) is 19.3. The minimum atomic E-state index is -0.428. The molecule has 0 radical (unpaired) electrons. The number of aryl methyl sites for hydroxylation is 1. The van der Waals surface area contributed by atoms with Gasteiger partial charge in [-0.1, -0.05) is 48.5 Å². The highest BCUT2D eigenvalue weighted by molar-refractivity contribution is 5.87. The molecule has 0 spiro atoms. The van der Waals surface area contributed by atoms with Gasteiger partial charge in [0.2, 0.25) is 0 Å². The number of carbonyl (C=O) groups is 2. The Morgan fingerprint density at radius 3 is 2.45 bits per heavy atom. The van der Waals surface area contributed by atoms with Crippen LogP contribution in [0.15, 0.2) is 60.7 Å². The number of fused-ring (bicyclic) bond motifs is 1. The summed E-state index contributed by atoms with van der Waals surface area (Å²) in [5.41, 5.74) is 1.94. The molecule has 3 aromatic carbocycles. The van der Waals surface area contributed by atoms with Crippen molar-refractivity contribution in [1.82, 2.24) is 5.32 Å². The van der Waals surface area contributed by atoms with Crippen molar-refractivity contribution in [3.05, 3.63) is 71.8 Å². The molecule has 0 bridgehead atoms. The Kier molecular flexibility index (Phi) is 7.49. The van der Waals surface area contributed by atoms with Crippen LogP contribution < -0.4 is 14.8 Å². The van der Waals surface area contributed by atoms with E-state index in [9.17, 15) is 9.59 Å². The maximum atomic E-state index is 12.3. The molecule has 162 valence electrons. The maximum absolute atomic E-state index is 12.3. The smallest absolute Gasteiger partial charge is 0.306 e. The summed E-state index contributed by atoms with van der Waals surface area (Å²) in [7, 11) is 3.13. The first-order valence-corrected chi connectivity index (χ1v) is 10.2. The molecule has 0 saturated heterocycles. The van der Waals surface area contributed by atoms with Gasteiger partial charge < -0.3 is 19.5 Å². The Morgan fingerprint density at radius 1 is 0.935 bits per heavy atom. The molecule has 0 saturated carbocycles. The quantitative estimate of drug-likeness (QED) is 0.524. The van der Waals surface area contributed by atoms with E-state index in [0.29, 0.717) is 17.9 Å². The van der Waals surface area contributed by atoms with Crippen molar-refractivity contribution in [2.24, 2.45) is 0 Å². The molecule has 0 unspecified atom stereocenters. The molecule has 0 heterocycles. The lowest BCUT2D eigenvalue weighted by Crippen LogP contribution is -2.31. The highest BCUT2D eigenvalue weighted by atomic mass is 16.5. The normalized spacial score (nSPS) is 11.6. The van der Waals surface area contributed by atoms with Crippen molar-refractivity contribution in [3.8, 4) is 11.5 Å². The van der Waals surface area contributed by atoms with Crippen molar-refractivity contribution in [1.29, 1.82) is 0 Å². The molecule has 0 fully saturated rings. The lowest BCUT2D eigenvalue weighted by atomic mass is 10.00. The van der Waals surface area contributed by atoms with E-state index in [1.165, 1.54) is 0 Å². The van der Waals surface area contributed by atoms with Gasteiger partial charge in [0.15, 0.2) is 18.1 Å². The largest absolute Gasteiger partial charge is 0.493 e. The zero-order valence-corrected chi connectivity index (χ0v) is 18.0. The molecule has 0 aliphatic heterocycles. The molecule has 6 nitrogen and oxygen atoms in total. The van der Waals surface area contributed by atoms with E-state index in [1.54, 1.807) is 20.3 Å². The molecular formula is C25H27NO5. The second-order valence-corrected chi connectivity index (χ2v) is 7.21. The Labute approximate surface area is 182 Å². The van der Waals surface area contributed by atoms with Crippen LogP contribution in [0.25, 0.3) is 10.8 Å². The summed E-state index contributed by atoms with van der Waals surface area (Å²) in [6.45, 7) is 1.61. The van der Waals surface area contributed by atoms with E-state index < -0.39 is 5.97 Å². The highest BCUT2D eigenvalue weighted by Gasteiger charge is 2.14. The molecular weight excluding hydrogens is 394 g/mol. The van der Waals surface area contributed by atoms with Gasteiger partial charge in [-0.15, -0.1) is 0 Å². The van der Waals surface area contributed by atoms with E-state index in [4.69, 9.17) is 14.2 Å². The third-order valence-corrected chi connectivity index (χ3v) is 5.10. The van der Waals surface area contributed by atoms with Crippen molar-refractivity contribution in [2.75, 3.05) is 20.8 Å². The number of benzene rings is 3. The lowest BCUT2D eigenvalue weighted by Gasteiger charge is -2.16. The fourth-order valence-corrected chi connectivity index (χ4v) is 3.49. The fourth-order valence-electron chi connectivity index (χ4n) is 3.49. The van der Waals surface area contributed by atoms with E-state index >= 15 is 0 Å². The van der Waals surface area contributed by atoms with Crippen LogP contribution in [0.4, 0.5) is 0 Å². The molecule has 1 N–H and O–H groups in total. The Bertz CT molecular complexity index is 1060. The standard InChI is InChI=1S/C25H27NO5/c1-17(20-10-6-8-19-7-4-5-9-21(19)20)26-24(27)16-31-25(28)14-12-18-11-13-22(29-2)23(15-18)30-3/h4-11,13,15,17H,12,14,16H2,1-3H3,(H,26,27)/t17-/m0/s1. The van der Waals surface area contributed by atoms with Crippen LogP contribution in [-0.4, -0.2) is 32.7 Å². The number of ether oxygens (including phenoxy) is 3. The third-order valence-electron chi connectivity index (χ3n) is 5.10. The number of hydrogen-bond donors (Lipinski definition) is 1. The molecule has 3 rings (SSSR count). The van der Waals surface area contributed by atoms with Crippen LogP contribution >= 0.6 is 0 Å². The summed E-state index contributed by atoms with van der Waals surface area (Å²) >= 11 is 0. The van der Waals surface area contributed by atoms with Gasteiger partial charge in [-0.3, -0.25) is 9.59 Å². The van der Waals surface area contributed by atoms with Crippen molar-refractivity contribution < 1.29 is 23.8 Å². The number of nitrogens with one attached hydrogen (secondary N) is 1. The van der Waals surface area contributed by atoms with Crippen LogP contribution in [-0.2, 0) is 20.7 Å². The fraction of sp³-hybridized carbons (Fsp3) is 0.280. The van der Waals surface area contributed by atoms with Crippen LogP contribution in [0.1, 0.15) is 30.5 Å². The molecule has 31 heavy (non-hydrogen) atoms. The zero-order chi connectivity index (χ0) is 22.2. The minimum Gasteiger partial charge on any atom is -0.493 e. The van der Waals surface area contributed by atoms with Crippen LogP contribution in [0.2, 0.25) is 0 Å². The Balaban J connectivity index is 1.48. The number of amides is 1. The summed E-state index contributed by atoms with van der Waals surface area (Å²) in [5, 5.41) is 5.10. The molecule has 0 aliphatic carbocycles. The monoisotopic (exact) mass is 421 g/mol. The average Bonchev–Trinajstić information content (AvgIpc) is 2.80. The lowest BCUT2D eigenvalue weighted by molar-refractivity contribution is -0.148. The van der Waals surface area contributed by atoms with Crippen molar-refractivity contribution in [3.63, 3.8) is 0 Å². The van der Waals surface area contributed by atoms with Gasteiger partial charge in [0.05, 0.1) is 20.3 Å². The van der Waals surface area contributed by atoms with Gasteiger partial charge in [0.25, 0.3) is 5.91 Å². The zero-order valence-electron chi connectivity index (χ0n) is 18.0. The van der Waals surface area contributed by atoms with Gasteiger partial charge in [0.1, 0.15) is 0 Å². The van der Waals surface area contributed by atoms with Gasteiger partial charge in [0, 0.05) is 6.42 Å². The Morgan fingerprint density at radius 2 is 1.68 bits per heavy atom. The van der Waals surface area contributed by atoms with Crippen LogP contribution in [0, 0.1) is 0 Å². The number of rotatable bonds is 9.